The molecule has 0 saturated carbocycles. The van der Waals surface area contributed by atoms with E-state index in [-0.39, 0.29) is 11.8 Å². The molecule has 0 saturated heterocycles. The van der Waals surface area contributed by atoms with Crippen LogP contribution < -0.4 is 11.1 Å². The van der Waals surface area contributed by atoms with Gasteiger partial charge in [-0.1, -0.05) is 37.3 Å². The van der Waals surface area contributed by atoms with Crippen molar-refractivity contribution < 1.29 is 4.79 Å². The van der Waals surface area contributed by atoms with E-state index in [0.717, 1.165) is 10.2 Å². The number of amides is 1. The van der Waals surface area contributed by atoms with Crippen LogP contribution in [0.25, 0.3) is 10.2 Å². The van der Waals surface area contributed by atoms with Gasteiger partial charge in [0.25, 0.3) is 0 Å². The van der Waals surface area contributed by atoms with Crippen molar-refractivity contribution in [2.45, 2.75) is 19.9 Å². The smallest absolute Gasteiger partial charge is 0.243 e. The molecule has 0 bridgehead atoms. The molecule has 0 spiro atoms. The second kappa shape index (κ2) is 4.81. The molecular weight excluding hydrogens is 234 g/mol. The maximum Gasteiger partial charge on any atom is 0.243 e. The van der Waals surface area contributed by atoms with Gasteiger partial charge in [0.1, 0.15) is 0 Å². The minimum atomic E-state index is -0.498. The summed E-state index contributed by atoms with van der Waals surface area (Å²) in [6.45, 7) is 3.84. The Balaban J connectivity index is 2.16. The number of hydrogen-bond donors (Lipinski definition) is 2. The van der Waals surface area contributed by atoms with Crippen molar-refractivity contribution in [2.75, 3.05) is 5.32 Å². The van der Waals surface area contributed by atoms with Crippen molar-refractivity contribution in [3.8, 4) is 0 Å². The van der Waals surface area contributed by atoms with Gasteiger partial charge >= 0.3 is 0 Å². The van der Waals surface area contributed by atoms with Crippen LogP contribution in [-0.2, 0) is 4.79 Å². The summed E-state index contributed by atoms with van der Waals surface area (Å²) in [6.07, 6.45) is 0. The fourth-order valence-electron chi connectivity index (χ4n) is 1.42. The van der Waals surface area contributed by atoms with E-state index in [1.165, 1.54) is 11.3 Å². The van der Waals surface area contributed by atoms with Gasteiger partial charge in [-0.15, -0.1) is 0 Å². The number of carbonyl (C=O) groups is 1. The first-order valence-electron chi connectivity index (χ1n) is 5.50. The minimum Gasteiger partial charge on any atom is -0.320 e. The highest BCUT2D eigenvalue weighted by atomic mass is 32.1. The lowest BCUT2D eigenvalue weighted by Gasteiger charge is -2.13. The molecule has 1 heterocycles. The van der Waals surface area contributed by atoms with E-state index < -0.39 is 6.04 Å². The van der Waals surface area contributed by atoms with Crippen LogP contribution in [0.15, 0.2) is 24.3 Å². The van der Waals surface area contributed by atoms with Gasteiger partial charge in [0, 0.05) is 0 Å². The van der Waals surface area contributed by atoms with Crippen LogP contribution in [0.2, 0.25) is 0 Å². The summed E-state index contributed by atoms with van der Waals surface area (Å²) in [5, 5.41) is 3.36. The summed E-state index contributed by atoms with van der Waals surface area (Å²) in [5.41, 5.74) is 6.66. The average Bonchev–Trinajstić information content (AvgIpc) is 2.69. The van der Waals surface area contributed by atoms with Crippen molar-refractivity contribution in [1.29, 1.82) is 0 Å². The number of hydrogen-bond acceptors (Lipinski definition) is 4. The van der Waals surface area contributed by atoms with Gasteiger partial charge < -0.3 is 11.1 Å². The van der Waals surface area contributed by atoms with E-state index in [4.69, 9.17) is 5.73 Å². The van der Waals surface area contributed by atoms with Crippen LogP contribution in [0.4, 0.5) is 5.13 Å². The van der Waals surface area contributed by atoms with E-state index >= 15 is 0 Å². The number of rotatable bonds is 3. The number of aromatic nitrogens is 1. The van der Waals surface area contributed by atoms with E-state index in [9.17, 15) is 4.79 Å². The standard InChI is InChI=1S/C12H15N3OS/c1-7(2)10(13)11(16)15-12-14-8-5-3-4-6-9(8)17-12/h3-7,10H,13H2,1-2H3,(H,14,15,16)/t10-/m0/s1. The average molecular weight is 249 g/mol. The zero-order chi connectivity index (χ0) is 12.4. The Morgan fingerprint density at radius 1 is 1.41 bits per heavy atom. The Morgan fingerprint density at radius 3 is 2.76 bits per heavy atom. The molecule has 5 heteroatoms. The Kier molecular flexibility index (Phi) is 3.40. The van der Waals surface area contributed by atoms with Gasteiger partial charge in [-0.2, -0.15) is 0 Å². The number of nitrogens with one attached hydrogen (secondary N) is 1. The van der Waals surface area contributed by atoms with Crippen molar-refractivity contribution in [1.82, 2.24) is 4.98 Å². The van der Waals surface area contributed by atoms with Gasteiger partial charge in [-0.05, 0) is 18.1 Å². The van der Waals surface area contributed by atoms with Gasteiger partial charge in [-0.3, -0.25) is 4.79 Å². The molecule has 1 aromatic carbocycles. The van der Waals surface area contributed by atoms with Crippen LogP contribution in [-0.4, -0.2) is 16.9 Å². The summed E-state index contributed by atoms with van der Waals surface area (Å²) in [7, 11) is 0. The second-order valence-electron chi connectivity index (χ2n) is 4.25. The summed E-state index contributed by atoms with van der Waals surface area (Å²) >= 11 is 1.46. The maximum atomic E-state index is 11.8. The third-order valence-corrected chi connectivity index (χ3v) is 3.50. The lowest BCUT2D eigenvalue weighted by Crippen LogP contribution is -2.39. The van der Waals surface area contributed by atoms with Gasteiger partial charge in [0.05, 0.1) is 16.3 Å². The molecule has 90 valence electrons. The summed E-state index contributed by atoms with van der Waals surface area (Å²) in [4.78, 5) is 16.1. The SMILES string of the molecule is CC(C)[C@H](N)C(=O)Nc1nc2ccccc2s1. The van der Waals surface area contributed by atoms with Gasteiger partial charge in [0.2, 0.25) is 5.91 Å². The van der Waals surface area contributed by atoms with Crippen LogP contribution in [0.1, 0.15) is 13.8 Å². The molecule has 2 aromatic rings. The molecule has 0 radical (unpaired) electrons. The highest BCUT2D eigenvalue weighted by Gasteiger charge is 2.18. The zero-order valence-electron chi connectivity index (χ0n) is 9.81. The largest absolute Gasteiger partial charge is 0.320 e. The molecule has 1 amide bonds. The van der Waals surface area contributed by atoms with Crippen LogP contribution >= 0.6 is 11.3 Å². The van der Waals surface area contributed by atoms with Crippen molar-refractivity contribution >= 4 is 32.6 Å². The Morgan fingerprint density at radius 2 is 2.12 bits per heavy atom. The molecule has 0 fully saturated rings. The van der Waals surface area contributed by atoms with E-state index in [1.54, 1.807) is 0 Å². The molecule has 4 nitrogen and oxygen atoms in total. The van der Waals surface area contributed by atoms with Crippen LogP contribution in [0.3, 0.4) is 0 Å². The molecule has 0 aliphatic heterocycles. The van der Waals surface area contributed by atoms with Crippen molar-refractivity contribution in [3.05, 3.63) is 24.3 Å². The summed E-state index contributed by atoms with van der Waals surface area (Å²) < 4.78 is 1.06. The number of anilines is 1. The quantitative estimate of drug-likeness (QED) is 0.876. The number of fused-ring (bicyclic) bond motifs is 1. The maximum absolute atomic E-state index is 11.8. The predicted octanol–water partition coefficient (Wildman–Crippen LogP) is 2.22. The van der Waals surface area contributed by atoms with Crippen LogP contribution in [0, 0.1) is 5.92 Å². The van der Waals surface area contributed by atoms with Gasteiger partial charge in [-0.25, -0.2) is 4.98 Å². The summed E-state index contributed by atoms with van der Waals surface area (Å²) in [6, 6.07) is 7.27. The molecule has 2 rings (SSSR count). The molecule has 3 N–H and O–H groups in total. The number of benzene rings is 1. The zero-order valence-corrected chi connectivity index (χ0v) is 10.6. The van der Waals surface area contributed by atoms with Crippen molar-refractivity contribution in [3.63, 3.8) is 0 Å². The molecule has 1 aromatic heterocycles. The van der Waals surface area contributed by atoms with E-state index in [2.05, 4.69) is 10.3 Å². The fraction of sp³-hybridized carbons (Fsp3) is 0.333. The third-order valence-electron chi connectivity index (χ3n) is 2.55. The number of carbonyl (C=O) groups excluding carboxylic acids is 1. The highest BCUT2D eigenvalue weighted by molar-refractivity contribution is 7.22. The first kappa shape index (κ1) is 12.0. The first-order valence-corrected chi connectivity index (χ1v) is 6.31. The topological polar surface area (TPSA) is 68.0 Å². The Labute approximate surface area is 104 Å². The molecule has 0 unspecified atom stereocenters. The molecule has 1 atom stereocenters. The molecule has 0 aliphatic carbocycles. The molecule has 17 heavy (non-hydrogen) atoms. The van der Waals surface area contributed by atoms with E-state index in [1.807, 2.05) is 38.1 Å². The van der Waals surface area contributed by atoms with Gasteiger partial charge in [0.15, 0.2) is 5.13 Å². The predicted molar refractivity (Wildman–Crippen MR) is 71.1 cm³/mol. The van der Waals surface area contributed by atoms with Crippen LogP contribution in [0.5, 0.6) is 0 Å². The van der Waals surface area contributed by atoms with E-state index in [0.29, 0.717) is 5.13 Å². The Hall–Kier alpha value is -1.46. The number of thiazole rings is 1. The molecular formula is C12H15N3OS. The molecule has 0 aliphatic rings. The Bertz CT molecular complexity index is 502. The summed E-state index contributed by atoms with van der Waals surface area (Å²) in [5.74, 6) is -0.0663. The second-order valence-corrected chi connectivity index (χ2v) is 5.28. The van der Waals surface area contributed by atoms with Crippen molar-refractivity contribution in [2.24, 2.45) is 11.7 Å². The minimum absolute atomic E-state index is 0.115. The number of para-hydroxylation sites is 1. The fourth-order valence-corrected chi connectivity index (χ4v) is 2.29. The third kappa shape index (κ3) is 2.62. The lowest BCUT2D eigenvalue weighted by molar-refractivity contribution is -0.118. The highest BCUT2D eigenvalue weighted by Crippen LogP contribution is 2.25. The first-order chi connectivity index (χ1) is 8.08. The normalized spacial score (nSPS) is 12.9. The number of nitrogens with zero attached hydrogens (tertiary/aromatic N) is 1. The monoisotopic (exact) mass is 249 g/mol. The lowest BCUT2D eigenvalue weighted by atomic mass is 10.1. The number of nitrogens with two attached hydrogens (primary N) is 1.